The summed E-state index contributed by atoms with van der Waals surface area (Å²) in [6, 6.07) is -1.01. The van der Waals surface area contributed by atoms with Crippen molar-refractivity contribution in [2.24, 2.45) is 5.16 Å². The molecule has 0 bridgehead atoms. The van der Waals surface area contributed by atoms with E-state index in [9.17, 15) is 24.7 Å². The zero-order valence-corrected chi connectivity index (χ0v) is 20.4. The van der Waals surface area contributed by atoms with Crippen LogP contribution in [0.25, 0.3) is 0 Å². The van der Waals surface area contributed by atoms with Crippen molar-refractivity contribution in [1.29, 1.82) is 5.41 Å². The van der Waals surface area contributed by atoms with Crippen LogP contribution in [0, 0.1) is 5.41 Å². The highest BCUT2D eigenvalue weighted by Gasteiger charge is 2.54. The third kappa shape index (κ3) is 4.36. The molecule has 0 aliphatic carbocycles. The Kier molecular flexibility index (Phi) is 6.82. The number of hydrogen-bond donors (Lipinski definition) is 5. The number of oxime groups is 1. The maximum Gasteiger partial charge on any atom is 0.352 e. The Balaban J connectivity index is 1.51. The molecule has 0 aromatic carbocycles. The first-order chi connectivity index (χ1) is 16.2. The van der Waals surface area contributed by atoms with Crippen molar-refractivity contribution >= 4 is 74.8 Å². The number of hydrogen-bond acceptors (Lipinski definition) is 14. The Bertz CT molecular complexity index is 1280. The summed E-state index contributed by atoms with van der Waals surface area (Å²) in [5.41, 5.74) is 5.55. The van der Waals surface area contributed by atoms with E-state index in [1.807, 2.05) is 0 Å². The van der Waals surface area contributed by atoms with Crippen LogP contribution in [0.15, 0.2) is 26.1 Å². The molecule has 2 aliphatic heterocycles. The van der Waals surface area contributed by atoms with Crippen LogP contribution in [0.5, 0.6) is 0 Å². The largest absolute Gasteiger partial charge is 0.477 e. The van der Waals surface area contributed by atoms with E-state index in [1.54, 1.807) is 0 Å². The zero-order chi connectivity index (χ0) is 24.6. The summed E-state index contributed by atoms with van der Waals surface area (Å²) >= 11 is 4.62. The van der Waals surface area contributed by atoms with Crippen molar-refractivity contribution in [1.82, 2.24) is 25.1 Å². The molecule has 2 aliphatic rings. The molecular weight excluding hydrogens is 528 g/mol. The van der Waals surface area contributed by atoms with E-state index in [2.05, 4.69) is 25.5 Å². The number of carbonyl (C=O) groups is 3. The second-order valence-electron chi connectivity index (χ2n) is 6.67. The number of aromatic nitrogens is 3. The van der Waals surface area contributed by atoms with E-state index in [1.165, 1.54) is 47.4 Å². The molecule has 0 radical (unpaired) electrons. The lowest BCUT2D eigenvalue weighted by Gasteiger charge is -2.49. The summed E-state index contributed by atoms with van der Waals surface area (Å²) in [6.45, 7) is 0. The number of aliphatic carboxylic acids is 1. The van der Waals surface area contributed by atoms with Crippen LogP contribution in [0.4, 0.5) is 5.13 Å². The van der Waals surface area contributed by atoms with Crippen LogP contribution >= 0.6 is 46.2 Å². The third-order valence-corrected chi connectivity index (χ3v) is 8.72. The molecule has 2 aromatic heterocycles. The molecule has 18 heteroatoms. The average Bonchev–Trinajstić information content (AvgIpc) is 3.38. The second-order valence-corrected chi connectivity index (χ2v) is 10.9. The number of amides is 2. The molecule has 1 saturated heterocycles. The van der Waals surface area contributed by atoms with Gasteiger partial charge < -0.3 is 26.2 Å². The van der Waals surface area contributed by atoms with Crippen LogP contribution in [0.2, 0.25) is 0 Å². The fourth-order valence-electron chi connectivity index (χ4n) is 3.20. The number of nitrogen functional groups attached to an aromatic ring is 1. The molecule has 0 saturated carbocycles. The zero-order valence-electron chi connectivity index (χ0n) is 17.1. The van der Waals surface area contributed by atoms with Gasteiger partial charge in [-0.05, 0) is 5.57 Å². The minimum atomic E-state index is -1.25. The number of carboxylic acid groups (broad SMARTS) is 1. The minimum absolute atomic E-state index is 0.0861. The standard InChI is InChI=1S/C16H16N8O6S4/c1-30-22-7(6-4-32-15(18)24(6)29)10(25)19-8-11(26)23-9(13(27)28)5(2-31-12(8)23)3-33-16-21-20-14(17)34-16/h4,8,12,18,29H,2-3H2,1H3,(H2,17,20)(H,19,25)(H,27,28)/t8-,12+/m1/s1. The van der Waals surface area contributed by atoms with Crippen molar-refractivity contribution in [3.05, 3.63) is 27.1 Å². The minimum Gasteiger partial charge on any atom is -0.477 e. The van der Waals surface area contributed by atoms with Crippen LogP contribution in [0.3, 0.4) is 0 Å². The predicted molar refractivity (Wildman–Crippen MR) is 124 cm³/mol. The molecule has 0 spiro atoms. The highest BCUT2D eigenvalue weighted by atomic mass is 32.2. The predicted octanol–water partition coefficient (Wildman–Crippen LogP) is -0.419. The highest BCUT2D eigenvalue weighted by Crippen LogP contribution is 2.41. The van der Waals surface area contributed by atoms with E-state index in [0.717, 1.165) is 16.2 Å². The van der Waals surface area contributed by atoms with Crippen LogP contribution in [-0.4, -0.2) is 83.7 Å². The van der Waals surface area contributed by atoms with Gasteiger partial charge in [-0.2, -0.15) is 4.73 Å². The summed E-state index contributed by atoms with van der Waals surface area (Å²) in [5.74, 6) is -2.06. The lowest BCUT2D eigenvalue weighted by molar-refractivity contribution is -0.150. The number of thiazole rings is 1. The summed E-state index contributed by atoms with van der Waals surface area (Å²) in [4.78, 5) is 43.3. The SMILES string of the molecule is CON=C(C(=O)N[C@@H]1C(=O)N2C(C(=O)O)=C(CSc3nnc(N)s3)CS[C@@H]12)c1csc(=N)n1O. The third-order valence-electron chi connectivity index (χ3n) is 4.67. The Morgan fingerprint density at radius 1 is 1.47 bits per heavy atom. The Labute approximate surface area is 206 Å². The maximum absolute atomic E-state index is 12.9. The van der Waals surface area contributed by atoms with E-state index in [0.29, 0.717) is 25.5 Å². The van der Waals surface area contributed by atoms with E-state index < -0.39 is 29.2 Å². The Morgan fingerprint density at radius 3 is 2.82 bits per heavy atom. The Morgan fingerprint density at radius 2 is 2.24 bits per heavy atom. The van der Waals surface area contributed by atoms with Gasteiger partial charge in [0.05, 0.1) is 0 Å². The summed E-state index contributed by atoms with van der Waals surface area (Å²) in [7, 11) is 1.20. The first-order valence-electron chi connectivity index (χ1n) is 9.21. The molecule has 2 amide bonds. The molecule has 4 heterocycles. The van der Waals surface area contributed by atoms with Crippen LogP contribution in [-0.2, 0) is 19.2 Å². The van der Waals surface area contributed by atoms with Gasteiger partial charge in [0.1, 0.15) is 29.9 Å². The van der Waals surface area contributed by atoms with E-state index in [-0.39, 0.29) is 27.7 Å². The lowest BCUT2D eigenvalue weighted by atomic mass is 10.0. The van der Waals surface area contributed by atoms with Crippen LogP contribution in [0.1, 0.15) is 5.69 Å². The number of nitrogens with zero attached hydrogens (tertiary/aromatic N) is 5. The molecule has 0 unspecified atom stereocenters. The number of carbonyl (C=O) groups excluding carboxylic acids is 2. The fraction of sp³-hybridized carbons (Fsp3) is 0.312. The van der Waals surface area contributed by atoms with Crippen molar-refractivity contribution in [3.63, 3.8) is 0 Å². The molecule has 180 valence electrons. The normalized spacial score (nSPS) is 20.1. The number of carboxylic acids is 1. The Hall–Kier alpha value is -3.09. The summed E-state index contributed by atoms with van der Waals surface area (Å²) in [6.07, 6.45) is 0. The molecule has 1 fully saturated rings. The highest BCUT2D eigenvalue weighted by molar-refractivity contribution is 8.01. The van der Waals surface area contributed by atoms with Gasteiger partial charge in [0.2, 0.25) is 9.93 Å². The number of thioether (sulfide) groups is 2. The molecule has 2 atom stereocenters. The van der Waals surface area contributed by atoms with E-state index >= 15 is 0 Å². The number of nitrogens with two attached hydrogens (primary N) is 1. The van der Waals surface area contributed by atoms with Crippen molar-refractivity contribution in [3.8, 4) is 0 Å². The maximum atomic E-state index is 12.9. The summed E-state index contributed by atoms with van der Waals surface area (Å²) in [5, 5.41) is 42.0. The van der Waals surface area contributed by atoms with Gasteiger partial charge in [0.15, 0.2) is 10.1 Å². The van der Waals surface area contributed by atoms with E-state index in [4.69, 9.17) is 11.1 Å². The fourth-order valence-corrected chi connectivity index (χ4v) is 6.96. The molecule has 4 rings (SSSR count). The molecule has 6 N–H and O–H groups in total. The second kappa shape index (κ2) is 9.65. The molecule has 34 heavy (non-hydrogen) atoms. The van der Waals surface area contributed by atoms with Gasteiger partial charge in [-0.15, -0.1) is 33.3 Å². The number of rotatable bonds is 8. The smallest absolute Gasteiger partial charge is 0.352 e. The first-order valence-corrected chi connectivity index (χ1v) is 12.9. The van der Waals surface area contributed by atoms with Gasteiger partial charge in [0, 0.05) is 16.9 Å². The monoisotopic (exact) mass is 544 g/mol. The molecular formula is C16H16N8O6S4. The van der Waals surface area contributed by atoms with Gasteiger partial charge in [-0.1, -0.05) is 28.3 Å². The molecule has 14 nitrogen and oxygen atoms in total. The lowest BCUT2D eigenvalue weighted by Crippen LogP contribution is -2.71. The van der Waals surface area contributed by atoms with Gasteiger partial charge in [0.25, 0.3) is 11.8 Å². The first kappa shape index (κ1) is 24.0. The number of β-lactam (4-membered cyclic amide) rings is 1. The number of nitrogens with one attached hydrogen (secondary N) is 2. The quantitative estimate of drug-likeness (QED) is 0.0947. The van der Waals surface area contributed by atoms with Crippen molar-refractivity contribution < 1.29 is 29.5 Å². The van der Waals surface area contributed by atoms with Gasteiger partial charge in [-0.25, -0.2) is 4.79 Å². The van der Waals surface area contributed by atoms with Crippen molar-refractivity contribution in [2.75, 3.05) is 24.3 Å². The summed E-state index contributed by atoms with van der Waals surface area (Å²) < 4.78 is 1.05. The van der Waals surface area contributed by atoms with Gasteiger partial charge >= 0.3 is 5.97 Å². The topological polar surface area (TPSA) is 209 Å². The van der Waals surface area contributed by atoms with Gasteiger partial charge in [-0.3, -0.25) is 19.9 Å². The number of anilines is 1. The number of fused-ring (bicyclic) bond motifs is 1. The van der Waals surface area contributed by atoms with Crippen LogP contribution < -0.4 is 15.9 Å². The molecule has 2 aromatic rings. The average molecular weight is 545 g/mol. The van der Waals surface area contributed by atoms with Crippen molar-refractivity contribution in [2.45, 2.75) is 15.8 Å².